The number of anilines is 3. The van der Waals surface area contributed by atoms with E-state index < -0.39 is 17.5 Å². The van der Waals surface area contributed by atoms with Crippen molar-refractivity contribution in [2.24, 2.45) is 0 Å². The maximum Gasteiger partial charge on any atom is 0.229 e. The van der Waals surface area contributed by atoms with Crippen LogP contribution in [-0.2, 0) is 0 Å². The highest BCUT2D eigenvalue weighted by atomic mass is 19.2. The van der Waals surface area contributed by atoms with Crippen molar-refractivity contribution < 1.29 is 13.2 Å². The minimum Gasteiger partial charge on any atom is -0.370 e. The molecule has 0 aliphatic rings. The number of halogens is 3. The molecule has 0 aliphatic carbocycles. The Hall–Kier alpha value is -2.31. The third-order valence-corrected chi connectivity index (χ3v) is 3.02. The molecule has 0 aliphatic heterocycles. The molecule has 0 bridgehead atoms. The number of hydrogen-bond acceptors (Lipinski definition) is 4. The van der Waals surface area contributed by atoms with E-state index in [1.165, 1.54) is 6.20 Å². The number of rotatable bonds is 7. The van der Waals surface area contributed by atoms with Gasteiger partial charge in [0.05, 0.1) is 5.69 Å². The molecule has 4 nitrogen and oxygen atoms in total. The summed E-state index contributed by atoms with van der Waals surface area (Å²) in [6.45, 7) is 2.88. The molecule has 0 atom stereocenters. The summed E-state index contributed by atoms with van der Waals surface area (Å²) in [7, 11) is 0. The highest BCUT2D eigenvalue weighted by Crippen LogP contribution is 2.22. The second kappa shape index (κ2) is 7.63. The summed E-state index contributed by atoms with van der Waals surface area (Å²) in [5.74, 6) is -3.39. The molecule has 22 heavy (non-hydrogen) atoms. The maximum atomic E-state index is 13.6. The smallest absolute Gasteiger partial charge is 0.229 e. The van der Waals surface area contributed by atoms with Crippen LogP contribution in [0.15, 0.2) is 24.4 Å². The van der Waals surface area contributed by atoms with E-state index in [9.17, 15) is 13.2 Å². The van der Waals surface area contributed by atoms with Crippen LogP contribution in [0.2, 0.25) is 0 Å². The van der Waals surface area contributed by atoms with Gasteiger partial charge in [-0.2, -0.15) is 4.98 Å². The lowest BCUT2D eigenvalue weighted by Crippen LogP contribution is -2.06. The number of unbranched alkanes of at least 4 members (excludes halogenated alkanes) is 2. The number of nitrogens with one attached hydrogen (secondary N) is 2. The molecule has 2 aromatic rings. The van der Waals surface area contributed by atoms with E-state index >= 15 is 0 Å². The van der Waals surface area contributed by atoms with Crippen LogP contribution >= 0.6 is 0 Å². The summed E-state index contributed by atoms with van der Waals surface area (Å²) in [6.07, 6.45) is 4.74. The van der Waals surface area contributed by atoms with Crippen molar-refractivity contribution in [1.29, 1.82) is 0 Å². The minimum atomic E-state index is -1.53. The van der Waals surface area contributed by atoms with Crippen LogP contribution in [0.3, 0.4) is 0 Å². The second-order valence-electron chi connectivity index (χ2n) is 4.75. The molecule has 0 saturated heterocycles. The molecule has 0 unspecified atom stereocenters. The summed E-state index contributed by atoms with van der Waals surface area (Å²) >= 11 is 0. The lowest BCUT2D eigenvalue weighted by molar-refractivity contribution is 0.449. The molecule has 1 aromatic heterocycles. The van der Waals surface area contributed by atoms with E-state index in [-0.39, 0.29) is 11.6 Å². The SMILES string of the molecule is CCCCCNc1ccnc(Nc2ccc(F)c(F)c2F)n1. The lowest BCUT2D eigenvalue weighted by Gasteiger charge is -2.09. The number of hydrogen-bond donors (Lipinski definition) is 2. The predicted octanol–water partition coefficient (Wildman–Crippen LogP) is 4.24. The highest BCUT2D eigenvalue weighted by Gasteiger charge is 2.14. The van der Waals surface area contributed by atoms with Gasteiger partial charge in [-0.3, -0.25) is 0 Å². The van der Waals surface area contributed by atoms with E-state index in [1.54, 1.807) is 6.07 Å². The van der Waals surface area contributed by atoms with E-state index in [0.717, 1.165) is 37.9 Å². The molecule has 0 spiro atoms. The van der Waals surface area contributed by atoms with Crippen LogP contribution in [-0.4, -0.2) is 16.5 Å². The zero-order valence-electron chi connectivity index (χ0n) is 12.2. The third kappa shape index (κ3) is 4.09. The summed E-state index contributed by atoms with van der Waals surface area (Å²) in [5.41, 5.74) is -0.220. The molecule has 2 N–H and O–H groups in total. The van der Waals surface area contributed by atoms with Crippen molar-refractivity contribution in [1.82, 2.24) is 9.97 Å². The molecule has 0 saturated carbocycles. The van der Waals surface area contributed by atoms with Gasteiger partial charge in [0.15, 0.2) is 17.5 Å². The van der Waals surface area contributed by atoms with Crippen LogP contribution < -0.4 is 10.6 Å². The molecule has 0 radical (unpaired) electrons. The van der Waals surface area contributed by atoms with Gasteiger partial charge in [-0.25, -0.2) is 18.2 Å². The van der Waals surface area contributed by atoms with Crippen LogP contribution in [0, 0.1) is 17.5 Å². The normalized spacial score (nSPS) is 10.5. The monoisotopic (exact) mass is 310 g/mol. The Morgan fingerprint density at radius 3 is 2.64 bits per heavy atom. The van der Waals surface area contributed by atoms with Crippen LogP contribution in [0.4, 0.5) is 30.6 Å². The fourth-order valence-corrected chi connectivity index (χ4v) is 1.85. The quantitative estimate of drug-likeness (QED) is 0.593. The zero-order chi connectivity index (χ0) is 15.9. The second-order valence-corrected chi connectivity index (χ2v) is 4.75. The Bertz CT molecular complexity index is 634. The van der Waals surface area contributed by atoms with Crippen molar-refractivity contribution in [2.75, 3.05) is 17.2 Å². The number of nitrogens with zero attached hydrogens (tertiary/aromatic N) is 2. The first-order valence-electron chi connectivity index (χ1n) is 7.09. The molecule has 2 rings (SSSR count). The van der Waals surface area contributed by atoms with Crippen LogP contribution in [0.25, 0.3) is 0 Å². The molecule has 0 fully saturated rings. The molecule has 1 heterocycles. The van der Waals surface area contributed by atoms with Crippen molar-refractivity contribution in [2.45, 2.75) is 26.2 Å². The average Bonchev–Trinajstić information content (AvgIpc) is 2.53. The standard InChI is InChI=1S/C15H17F3N4/c1-2-3-4-8-19-12-7-9-20-15(22-12)21-11-6-5-10(16)13(17)14(11)18/h5-7,9H,2-4,8H2,1H3,(H2,19,20,21,22). The topological polar surface area (TPSA) is 49.8 Å². The molecule has 7 heteroatoms. The Labute approximate surface area is 126 Å². The maximum absolute atomic E-state index is 13.6. The van der Waals surface area contributed by atoms with Gasteiger partial charge in [-0.1, -0.05) is 19.8 Å². The average molecular weight is 310 g/mol. The molecule has 0 amide bonds. The van der Waals surface area contributed by atoms with Gasteiger partial charge in [0.1, 0.15) is 5.82 Å². The van der Waals surface area contributed by atoms with Crippen molar-refractivity contribution in [3.8, 4) is 0 Å². The van der Waals surface area contributed by atoms with E-state index in [1.807, 2.05) is 0 Å². The van der Waals surface area contributed by atoms with Gasteiger partial charge in [-0.05, 0) is 24.6 Å². The predicted molar refractivity (Wildman–Crippen MR) is 79.6 cm³/mol. The Kier molecular flexibility index (Phi) is 5.57. The fourth-order valence-electron chi connectivity index (χ4n) is 1.85. The Morgan fingerprint density at radius 1 is 1.05 bits per heavy atom. The van der Waals surface area contributed by atoms with Gasteiger partial charge >= 0.3 is 0 Å². The lowest BCUT2D eigenvalue weighted by atomic mass is 10.2. The van der Waals surface area contributed by atoms with Gasteiger partial charge in [0, 0.05) is 12.7 Å². The summed E-state index contributed by atoms with van der Waals surface area (Å²) < 4.78 is 39.6. The minimum absolute atomic E-state index is 0.102. The zero-order valence-corrected chi connectivity index (χ0v) is 12.2. The number of aromatic nitrogens is 2. The first kappa shape index (κ1) is 16.1. The fraction of sp³-hybridized carbons (Fsp3) is 0.333. The van der Waals surface area contributed by atoms with Gasteiger partial charge < -0.3 is 10.6 Å². The number of benzene rings is 1. The first-order valence-corrected chi connectivity index (χ1v) is 7.09. The van der Waals surface area contributed by atoms with Crippen LogP contribution in [0.5, 0.6) is 0 Å². The third-order valence-electron chi connectivity index (χ3n) is 3.02. The Morgan fingerprint density at radius 2 is 1.86 bits per heavy atom. The van der Waals surface area contributed by atoms with Crippen molar-refractivity contribution >= 4 is 17.5 Å². The first-order chi connectivity index (χ1) is 10.6. The van der Waals surface area contributed by atoms with Gasteiger partial charge in [0.2, 0.25) is 5.95 Å². The van der Waals surface area contributed by atoms with Crippen LogP contribution in [0.1, 0.15) is 26.2 Å². The van der Waals surface area contributed by atoms with Gasteiger partial charge in [0.25, 0.3) is 0 Å². The molecular formula is C15H17F3N4. The summed E-state index contributed by atoms with van der Waals surface area (Å²) in [6, 6.07) is 3.62. The van der Waals surface area contributed by atoms with Crippen molar-refractivity contribution in [3.63, 3.8) is 0 Å². The highest BCUT2D eigenvalue weighted by molar-refractivity contribution is 5.55. The van der Waals surface area contributed by atoms with E-state index in [0.29, 0.717) is 5.82 Å². The molecule has 1 aromatic carbocycles. The van der Waals surface area contributed by atoms with Gasteiger partial charge in [-0.15, -0.1) is 0 Å². The molecule has 118 valence electrons. The largest absolute Gasteiger partial charge is 0.370 e. The molecular weight excluding hydrogens is 293 g/mol. The van der Waals surface area contributed by atoms with E-state index in [4.69, 9.17) is 0 Å². The summed E-state index contributed by atoms with van der Waals surface area (Å²) in [4.78, 5) is 8.07. The Balaban J connectivity index is 2.06. The van der Waals surface area contributed by atoms with E-state index in [2.05, 4.69) is 27.5 Å². The van der Waals surface area contributed by atoms with Crippen molar-refractivity contribution in [3.05, 3.63) is 41.8 Å². The summed E-state index contributed by atoms with van der Waals surface area (Å²) in [5, 5.41) is 5.66.